The lowest BCUT2D eigenvalue weighted by Crippen LogP contribution is -2.69. The van der Waals surface area contributed by atoms with Gasteiger partial charge in [-0.2, -0.15) is 0 Å². The van der Waals surface area contributed by atoms with Gasteiger partial charge in [0.2, 0.25) is 29.5 Å². The monoisotopic (exact) mass is 807 g/mol. The number of hydrogen-bond donors (Lipinski definition) is 10. The normalized spacial score (nSPS) is 14.8. The number of rotatable bonds is 23. The zero-order valence-electron chi connectivity index (χ0n) is 33.1. The minimum absolute atomic E-state index is 0.0282. The van der Waals surface area contributed by atoms with E-state index in [2.05, 4.69) is 37.3 Å². The number of carboxylic acid groups (broad SMARTS) is 2. The van der Waals surface area contributed by atoms with E-state index in [1.165, 1.54) is 0 Å². The highest BCUT2D eigenvalue weighted by molar-refractivity contribution is 5.98. The molecule has 2 aromatic carbocycles. The van der Waals surface area contributed by atoms with Crippen LogP contribution in [-0.4, -0.2) is 98.8 Å². The van der Waals surface area contributed by atoms with Crippen molar-refractivity contribution in [2.24, 2.45) is 17.6 Å². The standard InChI is InChI=1S/C40H54N8O10/c1-5-22(4)34(48-38(55)28(16-23-11-7-6-8-12-23)44-35(52)26(41)18-33(50)51)39(56)46-30(19-32(42)49)37(54)45-29(36(53)47-31(40(57)58)15-21(2)3)17-24-20-43-27-14-10-9-13-25(24)27/h6-14,20-22,26,28-31,34,43H,5,15-19,41H2,1-4H3,(H2,42,49)(H,44,52)(H,45,54)(H,46,56)(H,47,53)(H,48,55)(H,50,51)(H,57,58)/p+1/t22-,26-,28-,29-,30-,31-,34-/m0/s1. The van der Waals surface area contributed by atoms with Gasteiger partial charge in [0.15, 0.2) is 6.04 Å². The van der Waals surface area contributed by atoms with Gasteiger partial charge in [-0.15, -0.1) is 0 Å². The Morgan fingerprint density at radius 1 is 0.690 bits per heavy atom. The van der Waals surface area contributed by atoms with Gasteiger partial charge in [0.1, 0.15) is 36.6 Å². The lowest BCUT2D eigenvalue weighted by Gasteiger charge is -2.29. The fourth-order valence-corrected chi connectivity index (χ4v) is 6.25. The molecule has 7 atom stereocenters. The number of carbonyl (C=O) groups is 8. The first kappa shape index (κ1) is 46.1. The van der Waals surface area contributed by atoms with Gasteiger partial charge in [-0.3, -0.25) is 33.6 Å². The van der Waals surface area contributed by atoms with Crippen molar-refractivity contribution in [2.45, 2.75) is 102 Å². The van der Waals surface area contributed by atoms with Gasteiger partial charge in [0.25, 0.3) is 5.91 Å². The second-order valence-corrected chi connectivity index (χ2v) is 14.8. The molecule has 3 rings (SSSR count). The Morgan fingerprint density at radius 3 is 1.84 bits per heavy atom. The quantitative estimate of drug-likeness (QED) is 0.0587. The second kappa shape index (κ2) is 21.9. The number of aromatic nitrogens is 1. The van der Waals surface area contributed by atoms with E-state index >= 15 is 0 Å². The van der Waals surface area contributed by atoms with E-state index in [9.17, 15) is 43.5 Å². The third-order valence-corrected chi connectivity index (χ3v) is 9.59. The molecule has 314 valence electrons. The lowest BCUT2D eigenvalue weighted by atomic mass is 9.96. The number of hydrogen-bond acceptors (Lipinski definition) is 8. The first-order chi connectivity index (χ1) is 27.4. The van der Waals surface area contributed by atoms with Crippen molar-refractivity contribution in [3.63, 3.8) is 0 Å². The first-order valence-corrected chi connectivity index (χ1v) is 19.1. The highest BCUT2D eigenvalue weighted by Crippen LogP contribution is 2.20. The number of carboxylic acids is 2. The number of aliphatic carboxylic acids is 2. The molecule has 3 aromatic rings. The number of H-pyrrole nitrogens is 1. The van der Waals surface area contributed by atoms with Crippen molar-refractivity contribution < 1.29 is 54.3 Å². The van der Waals surface area contributed by atoms with Crippen LogP contribution in [0.15, 0.2) is 60.8 Å². The van der Waals surface area contributed by atoms with Gasteiger partial charge in [0, 0.05) is 29.9 Å². The number of nitrogens with one attached hydrogen (secondary N) is 6. The van der Waals surface area contributed by atoms with Crippen LogP contribution in [0.4, 0.5) is 0 Å². The molecule has 0 unspecified atom stereocenters. The van der Waals surface area contributed by atoms with Crippen LogP contribution in [0, 0.1) is 11.8 Å². The molecule has 0 saturated carbocycles. The number of quaternary nitrogens is 1. The molecule has 0 fully saturated rings. The van der Waals surface area contributed by atoms with Gasteiger partial charge in [-0.05, 0) is 35.4 Å². The van der Waals surface area contributed by atoms with E-state index in [1.807, 2.05) is 12.1 Å². The molecule has 1 heterocycles. The molecule has 0 aliphatic rings. The second-order valence-electron chi connectivity index (χ2n) is 14.8. The van der Waals surface area contributed by atoms with E-state index in [1.54, 1.807) is 76.4 Å². The number of para-hydroxylation sites is 1. The van der Waals surface area contributed by atoms with E-state index in [0.717, 1.165) is 10.9 Å². The maximum Gasteiger partial charge on any atom is 0.326 e. The minimum Gasteiger partial charge on any atom is -0.481 e. The Balaban J connectivity index is 1.90. The third-order valence-electron chi connectivity index (χ3n) is 9.59. The Labute approximate surface area is 335 Å². The maximum atomic E-state index is 14.0. The van der Waals surface area contributed by atoms with Crippen molar-refractivity contribution in [3.8, 4) is 0 Å². The maximum absolute atomic E-state index is 14.0. The summed E-state index contributed by atoms with van der Waals surface area (Å²) < 4.78 is 0. The summed E-state index contributed by atoms with van der Waals surface area (Å²) in [6, 6.07) is 7.76. The Morgan fingerprint density at radius 2 is 1.24 bits per heavy atom. The summed E-state index contributed by atoms with van der Waals surface area (Å²) in [6.45, 7) is 7.00. The first-order valence-electron chi connectivity index (χ1n) is 19.1. The minimum atomic E-state index is -1.64. The number of primary amides is 1. The summed E-state index contributed by atoms with van der Waals surface area (Å²) in [5, 5.41) is 32.5. The molecule has 0 radical (unpaired) electrons. The summed E-state index contributed by atoms with van der Waals surface area (Å²) in [6.07, 6.45) is 0.688. The van der Waals surface area contributed by atoms with Crippen LogP contribution in [-0.2, 0) is 51.2 Å². The Hall–Kier alpha value is -6.30. The van der Waals surface area contributed by atoms with Gasteiger partial charge in [-0.25, -0.2) is 4.79 Å². The molecule has 0 aliphatic carbocycles. The smallest absolute Gasteiger partial charge is 0.326 e. The van der Waals surface area contributed by atoms with Crippen LogP contribution in [0.25, 0.3) is 10.9 Å². The van der Waals surface area contributed by atoms with Crippen molar-refractivity contribution in [2.75, 3.05) is 0 Å². The largest absolute Gasteiger partial charge is 0.481 e. The summed E-state index contributed by atoms with van der Waals surface area (Å²) in [5.74, 6) is -8.43. The summed E-state index contributed by atoms with van der Waals surface area (Å²) in [4.78, 5) is 107. The van der Waals surface area contributed by atoms with E-state index in [0.29, 0.717) is 17.5 Å². The van der Waals surface area contributed by atoms with E-state index in [4.69, 9.17) is 10.8 Å². The van der Waals surface area contributed by atoms with Crippen LogP contribution in [0.3, 0.4) is 0 Å². The number of benzene rings is 2. The molecule has 1 aromatic heterocycles. The van der Waals surface area contributed by atoms with Crippen LogP contribution in [0.2, 0.25) is 0 Å². The lowest BCUT2D eigenvalue weighted by molar-refractivity contribution is -0.403. The Kier molecular flexibility index (Phi) is 17.4. The molecule has 0 bridgehead atoms. The fourth-order valence-electron chi connectivity index (χ4n) is 6.25. The highest BCUT2D eigenvalue weighted by Gasteiger charge is 2.36. The number of aromatic amines is 1. The van der Waals surface area contributed by atoms with Gasteiger partial charge >= 0.3 is 11.9 Å². The number of amides is 6. The van der Waals surface area contributed by atoms with Crippen LogP contribution in [0.1, 0.15) is 64.5 Å². The molecule has 13 N–H and O–H groups in total. The fraction of sp³-hybridized carbons (Fsp3) is 0.450. The average Bonchev–Trinajstić information content (AvgIpc) is 3.57. The van der Waals surface area contributed by atoms with Crippen molar-refractivity contribution >= 4 is 58.3 Å². The molecular formula is C40H55N8O10+. The molecular weight excluding hydrogens is 752 g/mol. The van der Waals surface area contributed by atoms with E-state index < -0.39 is 102 Å². The summed E-state index contributed by atoms with van der Waals surface area (Å²) >= 11 is 0. The number of nitrogens with two attached hydrogens (primary N) is 1. The van der Waals surface area contributed by atoms with Gasteiger partial charge in [-0.1, -0.05) is 82.6 Å². The summed E-state index contributed by atoms with van der Waals surface area (Å²) in [7, 11) is 0. The predicted octanol–water partition coefficient (Wildman–Crippen LogP) is -0.485. The highest BCUT2D eigenvalue weighted by atomic mass is 16.4. The zero-order valence-corrected chi connectivity index (χ0v) is 33.1. The van der Waals surface area contributed by atoms with Crippen molar-refractivity contribution in [1.82, 2.24) is 31.6 Å². The zero-order chi connectivity index (χ0) is 43.1. The van der Waals surface area contributed by atoms with Crippen molar-refractivity contribution in [1.29, 1.82) is 0 Å². The van der Waals surface area contributed by atoms with Crippen LogP contribution < -0.4 is 38.1 Å². The van der Waals surface area contributed by atoms with Crippen molar-refractivity contribution in [3.05, 3.63) is 71.9 Å². The molecule has 18 heteroatoms. The van der Waals surface area contributed by atoms with E-state index in [-0.39, 0.29) is 25.2 Å². The molecule has 58 heavy (non-hydrogen) atoms. The predicted molar refractivity (Wildman–Crippen MR) is 211 cm³/mol. The summed E-state index contributed by atoms with van der Waals surface area (Å²) in [5.41, 5.74) is 11.1. The SMILES string of the molecule is CC[C@H](C)[C@H](NC(=O)[C@H](Cc1ccccc1)NC(=O)[C@@H]([NH3+])CC(=O)O)C(=O)N[C@@H](CC(N)=O)C(=O)N[C@@H](Cc1c[nH]c2ccccc12)C(=O)N[C@@H](CC(C)C)C(=O)O. The topological polar surface area (TPSA) is 307 Å². The number of carbonyl (C=O) groups excluding carboxylic acids is 6. The van der Waals surface area contributed by atoms with Gasteiger partial charge in [0.05, 0.1) is 6.42 Å². The molecule has 0 spiro atoms. The molecule has 0 saturated heterocycles. The van der Waals surface area contributed by atoms with Crippen LogP contribution >= 0.6 is 0 Å². The van der Waals surface area contributed by atoms with Gasteiger partial charge < -0.3 is 53.2 Å². The third kappa shape index (κ3) is 14.0. The number of fused-ring (bicyclic) bond motifs is 1. The Bertz CT molecular complexity index is 1930. The molecule has 18 nitrogen and oxygen atoms in total. The average molecular weight is 808 g/mol. The molecule has 0 aliphatic heterocycles. The molecule has 6 amide bonds. The van der Waals surface area contributed by atoms with Crippen LogP contribution in [0.5, 0.6) is 0 Å².